The number of hydrogen-bond donors (Lipinski definition) is 2. The minimum atomic E-state index is -0.936. The first-order valence-corrected chi connectivity index (χ1v) is 7.28. The summed E-state index contributed by atoms with van der Waals surface area (Å²) in [5, 5.41) is 12.1. The molecule has 0 saturated carbocycles. The number of carboxylic acids is 1. The lowest BCUT2D eigenvalue weighted by Crippen LogP contribution is -2.39. The standard InChI is InChI=1S/C17H20FNO3/c1-10-7-14(15(17(21)22)8-11(10)2)16(20)19-9-12-3-5-13(18)6-4-12/h3-6,14-15H,7-9H2,1-2H3,(H,19,20)(H,21,22)/t14-,15+/m1/s1. The molecule has 0 heterocycles. The van der Waals surface area contributed by atoms with Gasteiger partial charge < -0.3 is 10.4 Å². The average molecular weight is 305 g/mol. The molecule has 2 N–H and O–H groups in total. The summed E-state index contributed by atoms with van der Waals surface area (Å²) < 4.78 is 12.8. The number of carbonyl (C=O) groups is 2. The number of benzene rings is 1. The molecule has 2 rings (SSSR count). The van der Waals surface area contributed by atoms with E-state index in [9.17, 15) is 19.1 Å². The Bertz CT molecular complexity index is 607. The van der Waals surface area contributed by atoms with Crippen molar-refractivity contribution < 1.29 is 19.1 Å². The van der Waals surface area contributed by atoms with E-state index in [1.807, 2.05) is 13.8 Å². The van der Waals surface area contributed by atoms with Gasteiger partial charge >= 0.3 is 5.97 Å². The van der Waals surface area contributed by atoms with E-state index in [4.69, 9.17) is 0 Å². The highest BCUT2D eigenvalue weighted by Gasteiger charge is 2.37. The van der Waals surface area contributed by atoms with Gasteiger partial charge in [-0.2, -0.15) is 0 Å². The van der Waals surface area contributed by atoms with Gasteiger partial charge in [0.25, 0.3) is 0 Å². The highest BCUT2D eigenvalue weighted by Crippen LogP contribution is 2.34. The summed E-state index contributed by atoms with van der Waals surface area (Å²) in [5.74, 6) is -2.76. The number of amides is 1. The fourth-order valence-corrected chi connectivity index (χ4v) is 2.75. The first kappa shape index (κ1) is 16.2. The quantitative estimate of drug-likeness (QED) is 0.841. The summed E-state index contributed by atoms with van der Waals surface area (Å²) in [4.78, 5) is 23.7. The number of hydrogen-bond acceptors (Lipinski definition) is 2. The zero-order valence-electron chi connectivity index (χ0n) is 12.7. The van der Waals surface area contributed by atoms with Crippen molar-refractivity contribution in [2.45, 2.75) is 33.2 Å². The molecule has 118 valence electrons. The lowest BCUT2D eigenvalue weighted by Gasteiger charge is -2.29. The van der Waals surface area contributed by atoms with Crippen molar-refractivity contribution in [2.24, 2.45) is 11.8 Å². The highest BCUT2D eigenvalue weighted by atomic mass is 19.1. The van der Waals surface area contributed by atoms with Crippen LogP contribution in [0.25, 0.3) is 0 Å². The molecular formula is C17H20FNO3. The van der Waals surface area contributed by atoms with E-state index in [2.05, 4.69) is 5.32 Å². The van der Waals surface area contributed by atoms with Crippen LogP contribution < -0.4 is 5.32 Å². The Kier molecular flexibility index (Phi) is 4.96. The van der Waals surface area contributed by atoms with Crippen molar-refractivity contribution in [1.82, 2.24) is 5.32 Å². The third-order valence-electron chi connectivity index (χ3n) is 4.30. The third-order valence-corrected chi connectivity index (χ3v) is 4.30. The van der Waals surface area contributed by atoms with Crippen molar-refractivity contribution in [3.05, 3.63) is 46.8 Å². The Morgan fingerprint density at radius 1 is 1.14 bits per heavy atom. The van der Waals surface area contributed by atoms with Crippen molar-refractivity contribution >= 4 is 11.9 Å². The lowest BCUT2D eigenvalue weighted by molar-refractivity contribution is -0.147. The maximum absolute atomic E-state index is 12.8. The third kappa shape index (κ3) is 3.72. The van der Waals surface area contributed by atoms with Gasteiger partial charge in [-0.05, 0) is 44.4 Å². The highest BCUT2D eigenvalue weighted by molar-refractivity contribution is 5.85. The summed E-state index contributed by atoms with van der Waals surface area (Å²) in [5.41, 5.74) is 2.91. The topological polar surface area (TPSA) is 66.4 Å². The van der Waals surface area contributed by atoms with Gasteiger partial charge in [-0.15, -0.1) is 0 Å². The molecule has 0 fully saturated rings. The first-order chi connectivity index (χ1) is 10.4. The van der Waals surface area contributed by atoms with Gasteiger partial charge in [-0.3, -0.25) is 9.59 Å². The Balaban J connectivity index is 2.04. The van der Waals surface area contributed by atoms with Crippen LogP contribution in [0, 0.1) is 17.7 Å². The molecule has 1 aliphatic carbocycles. The fraction of sp³-hybridized carbons (Fsp3) is 0.412. The maximum atomic E-state index is 12.8. The second kappa shape index (κ2) is 6.73. The summed E-state index contributed by atoms with van der Waals surface area (Å²) in [6, 6.07) is 5.86. The number of nitrogens with one attached hydrogen (secondary N) is 1. The molecule has 1 aromatic rings. The van der Waals surface area contributed by atoms with Crippen molar-refractivity contribution in [1.29, 1.82) is 0 Å². The van der Waals surface area contributed by atoms with E-state index in [-0.39, 0.29) is 18.3 Å². The molecule has 0 spiro atoms. The molecule has 1 amide bonds. The molecule has 22 heavy (non-hydrogen) atoms. The molecule has 4 nitrogen and oxygen atoms in total. The van der Waals surface area contributed by atoms with Gasteiger partial charge in [0.2, 0.25) is 5.91 Å². The van der Waals surface area contributed by atoms with Crippen molar-refractivity contribution in [3.8, 4) is 0 Å². The average Bonchev–Trinajstić information content (AvgIpc) is 2.48. The van der Waals surface area contributed by atoms with Gasteiger partial charge in [-0.25, -0.2) is 4.39 Å². The second-order valence-electron chi connectivity index (χ2n) is 5.86. The number of rotatable bonds is 4. The van der Waals surface area contributed by atoms with E-state index in [1.54, 1.807) is 12.1 Å². The zero-order chi connectivity index (χ0) is 16.3. The number of allylic oxidation sites excluding steroid dienone is 2. The van der Waals surface area contributed by atoms with Gasteiger partial charge in [0.15, 0.2) is 0 Å². The summed E-state index contributed by atoms with van der Waals surface area (Å²) >= 11 is 0. The molecule has 0 aromatic heterocycles. The molecule has 0 aliphatic heterocycles. The summed E-state index contributed by atoms with van der Waals surface area (Å²) in [7, 11) is 0. The van der Waals surface area contributed by atoms with Gasteiger partial charge in [0.05, 0.1) is 11.8 Å². The number of aliphatic carboxylic acids is 1. The predicted octanol–water partition coefficient (Wildman–Crippen LogP) is 2.89. The minimum absolute atomic E-state index is 0.261. The Hall–Kier alpha value is -2.17. The van der Waals surface area contributed by atoms with Crippen LogP contribution in [0.2, 0.25) is 0 Å². The molecule has 2 atom stereocenters. The lowest BCUT2D eigenvalue weighted by atomic mass is 9.76. The van der Waals surface area contributed by atoms with E-state index in [0.717, 1.165) is 16.7 Å². The van der Waals surface area contributed by atoms with Crippen LogP contribution in [0.4, 0.5) is 4.39 Å². The number of carboxylic acid groups (broad SMARTS) is 1. The van der Waals surface area contributed by atoms with Gasteiger partial charge in [0, 0.05) is 6.54 Å². The van der Waals surface area contributed by atoms with Crippen LogP contribution in [0.5, 0.6) is 0 Å². The molecular weight excluding hydrogens is 285 g/mol. The second-order valence-corrected chi connectivity index (χ2v) is 5.86. The van der Waals surface area contributed by atoms with Crippen LogP contribution in [-0.2, 0) is 16.1 Å². The van der Waals surface area contributed by atoms with E-state index in [0.29, 0.717) is 12.8 Å². The number of halogens is 1. The largest absolute Gasteiger partial charge is 0.481 e. The molecule has 5 heteroatoms. The zero-order valence-corrected chi connectivity index (χ0v) is 12.7. The fourth-order valence-electron chi connectivity index (χ4n) is 2.75. The number of carbonyl (C=O) groups excluding carboxylic acids is 1. The summed E-state index contributed by atoms with van der Waals surface area (Å²) in [6.45, 7) is 4.12. The summed E-state index contributed by atoms with van der Waals surface area (Å²) in [6.07, 6.45) is 0.883. The first-order valence-electron chi connectivity index (χ1n) is 7.28. The van der Waals surface area contributed by atoms with Gasteiger partial charge in [-0.1, -0.05) is 23.3 Å². The Labute approximate surface area is 129 Å². The monoisotopic (exact) mass is 305 g/mol. The molecule has 0 saturated heterocycles. The SMILES string of the molecule is CC1=C(C)C[C@@H](C(=O)NCc2ccc(F)cc2)[C@@H](C(=O)O)C1. The van der Waals surface area contributed by atoms with E-state index >= 15 is 0 Å². The predicted molar refractivity (Wildman–Crippen MR) is 80.5 cm³/mol. The van der Waals surface area contributed by atoms with Crippen LogP contribution >= 0.6 is 0 Å². The molecule has 1 aliphatic rings. The Morgan fingerprint density at radius 2 is 1.68 bits per heavy atom. The van der Waals surface area contributed by atoms with Gasteiger partial charge in [0.1, 0.15) is 5.82 Å². The van der Waals surface area contributed by atoms with Crippen LogP contribution in [0.15, 0.2) is 35.4 Å². The smallest absolute Gasteiger partial charge is 0.307 e. The van der Waals surface area contributed by atoms with E-state index < -0.39 is 17.8 Å². The minimum Gasteiger partial charge on any atom is -0.481 e. The molecule has 0 radical (unpaired) electrons. The van der Waals surface area contributed by atoms with Crippen LogP contribution in [-0.4, -0.2) is 17.0 Å². The van der Waals surface area contributed by atoms with Crippen molar-refractivity contribution in [2.75, 3.05) is 0 Å². The van der Waals surface area contributed by atoms with Crippen molar-refractivity contribution in [3.63, 3.8) is 0 Å². The molecule has 0 bridgehead atoms. The molecule has 0 unspecified atom stereocenters. The molecule has 1 aromatic carbocycles. The van der Waals surface area contributed by atoms with Crippen LogP contribution in [0.1, 0.15) is 32.3 Å². The van der Waals surface area contributed by atoms with E-state index in [1.165, 1.54) is 12.1 Å². The Morgan fingerprint density at radius 3 is 2.23 bits per heavy atom. The normalized spacial score (nSPS) is 21.6. The maximum Gasteiger partial charge on any atom is 0.307 e. The van der Waals surface area contributed by atoms with Crippen LogP contribution in [0.3, 0.4) is 0 Å².